The van der Waals surface area contributed by atoms with Crippen LogP contribution in [0, 0.1) is 0 Å². The number of rotatable bonds is 6. The lowest BCUT2D eigenvalue weighted by molar-refractivity contribution is -0.153. The third kappa shape index (κ3) is 6.44. The van der Waals surface area contributed by atoms with Crippen LogP contribution in [0.4, 0.5) is 13.2 Å². The molecular weight excluding hydrogens is 287 g/mol. The molecule has 0 aliphatic heterocycles. The summed E-state index contributed by atoms with van der Waals surface area (Å²) in [6.45, 7) is -1.33. The Balaban J connectivity index is 2.60. The van der Waals surface area contributed by atoms with Crippen LogP contribution in [0.2, 0.25) is 5.02 Å². The Morgan fingerprint density at radius 3 is 2.74 bits per heavy atom. The van der Waals surface area contributed by atoms with Gasteiger partial charge >= 0.3 is 12.1 Å². The second kappa shape index (κ2) is 6.76. The Morgan fingerprint density at radius 2 is 2.26 bits per heavy atom. The molecule has 0 atom stereocenters. The highest BCUT2D eigenvalue weighted by atomic mass is 35.5. The molecule has 5 nitrogen and oxygen atoms in total. The largest absolute Gasteiger partial charge is 0.469 e. The monoisotopic (exact) mass is 299 g/mol. The number of esters is 1. The van der Waals surface area contributed by atoms with Crippen molar-refractivity contribution in [3.63, 3.8) is 0 Å². The SMILES string of the molecule is COC(=O)CCN(Cn1cc(Cl)cn1)CC(F)(F)F. The second-order valence-corrected chi connectivity index (χ2v) is 4.27. The van der Waals surface area contributed by atoms with E-state index in [-0.39, 0.29) is 19.6 Å². The fraction of sp³-hybridized carbons (Fsp3) is 0.600. The van der Waals surface area contributed by atoms with Gasteiger partial charge in [0.2, 0.25) is 0 Å². The van der Waals surface area contributed by atoms with Crippen LogP contribution in [0.3, 0.4) is 0 Å². The maximum absolute atomic E-state index is 12.4. The first-order chi connectivity index (χ1) is 8.80. The Bertz CT molecular complexity index is 422. The van der Waals surface area contributed by atoms with Crippen molar-refractivity contribution in [2.45, 2.75) is 19.3 Å². The summed E-state index contributed by atoms with van der Waals surface area (Å²) in [6, 6.07) is 0. The molecule has 0 unspecified atom stereocenters. The Kier molecular flexibility index (Phi) is 5.61. The number of aromatic nitrogens is 2. The average molecular weight is 300 g/mol. The minimum atomic E-state index is -4.35. The van der Waals surface area contributed by atoms with Gasteiger partial charge in [0.25, 0.3) is 0 Å². The highest BCUT2D eigenvalue weighted by molar-refractivity contribution is 6.30. The molecule has 0 N–H and O–H groups in total. The number of methoxy groups -OCH3 is 1. The summed E-state index contributed by atoms with van der Waals surface area (Å²) in [5, 5.41) is 4.13. The first-order valence-electron chi connectivity index (χ1n) is 5.34. The molecule has 108 valence electrons. The number of alkyl halides is 3. The minimum Gasteiger partial charge on any atom is -0.469 e. The topological polar surface area (TPSA) is 47.4 Å². The van der Waals surface area contributed by atoms with Crippen LogP contribution in [0.1, 0.15) is 6.42 Å². The zero-order valence-electron chi connectivity index (χ0n) is 10.2. The molecular formula is C10H13ClF3N3O2. The van der Waals surface area contributed by atoms with Crippen molar-refractivity contribution < 1.29 is 22.7 Å². The molecule has 1 heterocycles. The quantitative estimate of drug-likeness (QED) is 0.753. The van der Waals surface area contributed by atoms with Crippen molar-refractivity contribution in [3.05, 3.63) is 17.4 Å². The molecule has 0 fully saturated rings. The van der Waals surface area contributed by atoms with Gasteiger partial charge in [0, 0.05) is 12.7 Å². The number of halogens is 4. The van der Waals surface area contributed by atoms with Crippen molar-refractivity contribution in [2.24, 2.45) is 0 Å². The molecule has 0 amide bonds. The van der Waals surface area contributed by atoms with Crippen LogP contribution >= 0.6 is 11.6 Å². The molecule has 0 radical (unpaired) electrons. The standard InChI is InChI=1S/C10H13ClF3N3O2/c1-19-9(18)2-3-16(6-10(12,13)14)7-17-5-8(11)4-15-17/h4-5H,2-3,6-7H2,1H3. The molecule has 0 bridgehead atoms. The average Bonchev–Trinajstić information content (AvgIpc) is 2.69. The van der Waals surface area contributed by atoms with Crippen LogP contribution in [0.25, 0.3) is 0 Å². The van der Waals surface area contributed by atoms with Gasteiger partial charge < -0.3 is 4.74 Å². The predicted octanol–water partition coefficient (Wildman–Crippen LogP) is 1.92. The van der Waals surface area contributed by atoms with Gasteiger partial charge in [0.1, 0.15) is 0 Å². The lowest BCUT2D eigenvalue weighted by atomic mass is 10.4. The lowest BCUT2D eigenvalue weighted by Crippen LogP contribution is -2.37. The van der Waals surface area contributed by atoms with Crippen LogP contribution in [0.15, 0.2) is 12.4 Å². The van der Waals surface area contributed by atoms with Crippen LogP contribution in [0.5, 0.6) is 0 Å². The van der Waals surface area contributed by atoms with E-state index in [1.807, 2.05) is 0 Å². The van der Waals surface area contributed by atoms with Gasteiger partial charge in [-0.05, 0) is 0 Å². The number of hydrogen-bond donors (Lipinski definition) is 0. The van der Waals surface area contributed by atoms with Gasteiger partial charge in [-0.25, -0.2) is 0 Å². The van der Waals surface area contributed by atoms with Crippen LogP contribution < -0.4 is 0 Å². The van der Waals surface area contributed by atoms with Crippen molar-refractivity contribution in [1.29, 1.82) is 0 Å². The fourth-order valence-corrected chi connectivity index (χ4v) is 1.58. The zero-order valence-corrected chi connectivity index (χ0v) is 10.9. The molecule has 0 aromatic carbocycles. The fourth-order valence-electron chi connectivity index (χ4n) is 1.43. The zero-order chi connectivity index (χ0) is 14.5. The van der Waals surface area contributed by atoms with Gasteiger partial charge in [-0.3, -0.25) is 14.4 Å². The van der Waals surface area contributed by atoms with E-state index in [1.54, 1.807) is 0 Å². The molecule has 0 saturated carbocycles. The maximum Gasteiger partial charge on any atom is 0.401 e. The number of carbonyl (C=O) groups is 1. The molecule has 0 saturated heterocycles. The summed E-state index contributed by atoms with van der Waals surface area (Å²) >= 11 is 5.63. The number of ether oxygens (including phenoxy) is 1. The molecule has 0 spiro atoms. The van der Waals surface area contributed by atoms with E-state index in [0.717, 1.165) is 4.90 Å². The number of carbonyl (C=O) groups excluding carboxylic acids is 1. The molecule has 0 aliphatic carbocycles. The van der Waals surface area contributed by atoms with Gasteiger partial charge in [-0.1, -0.05) is 11.6 Å². The van der Waals surface area contributed by atoms with Gasteiger partial charge in [0.15, 0.2) is 0 Å². The first-order valence-corrected chi connectivity index (χ1v) is 5.72. The van der Waals surface area contributed by atoms with Crippen molar-refractivity contribution in [3.8, 4) is 0 Å². The molecule has 19 heavy (non-hydrogen) atoms. The van der Waals surface area contributed by atoms with Gasteiger partial charge in [-0.2, -0.15) is 18.3 Å². The van der Waals surface area contributed by atoms with Crippen molar-refractivity contribution in [2.75, 3.05) is 20.2 Å². The molecule has 0 aliphatic rings. The summed E-state index contributed by atoms with van der Waals surface area (Å²) in [6.07, 6.45) is -1.74. The van der Waals surface area contributed by atoms with E-state index in [0.29, 0.717) is 5.02 Å². The molecule has 9 heteroatoms. The number of nitrogens with zero attached hydrogens (tertiary/aromatic N) is 3. The second-order valence-electron chi connectivity index (χ2n) is 3.83. The summed E-state index contributed by atoms with van der Waals surface area (Å²) in [7, 11) is 1.18. The third-order valence-corrected chi connectivity index (χ3v) is 2.40. The molecule has 1 aromatic heterocycles. The number of hydrogen-bond acceptors (Lipinski definition) is 4. The summed E-state index contributed by atoms with van der Waals surface area (Å²) < 4.78 is 42.9. The van der Waals surface area contributed by atoms with Crippen molar-refractivity contribution in [1.82, 2.24) is 14.7 Å². The van der Waals surface area contributed by atoms with E-state index >= 15 is 0 Å². The minimum absolute atomic E-state index is 0.0797. The van der Waals surface area contributed by atoms with E-state index in [9.17, 15) is 18.0 Å². The Hall–Kier alpha value is -1.28. The smallest absolute Gasteiger partial charge is 0.401 e. The highest BCUT2D eigenvalue weighted by Gasteiger charge is 2.31. The van der Waals surface area contributed by atoms with Gasteiger partial charge in [0.05, 0.1) is 38.0 Å². The van der Waals surface area contributed by atoms with E-state index in [2.05, 4.69) is 9.84 Å². The lowest BCUT2D eigenvalue weighted by Gasteiger charge is -2.22. The van der Waals surface area contributed by atoms with E-state index < -0.39 is 18.7 Å². The Morgan fingerprint density at radius 1 is 1.58 bits per heavy atom. The normalized spacial score (nSPS) is 11.9. The summed E-state index contributed by atoms with van der Waals surface area (Å²) in [5.74, 6) is -0.564. The molecule has 1 rings (SSSR count). The summed E-state index contributed by atoms with van der Waals surface area (Å²) in [5.41, 5.74) is 0. The maximum atomic E-state index is 12.4. The highest BCUT2D eigenvalue weighted by Crippen LogP contribution is 2.17. The third-order valence-electron chi connectivity index (χ3n) is 2.21. The first kappa shape index (κ1) is 15.8. The Labute approximate surface area is 112 Å². The van der Waals surface area contributed by atoms with Gasteiger partial charge in [-0.15, -0.1) is 0 Å². The van der Waals surface area contributed by atoms with Crippen molar-refractivity contribution >= 4 is 17.6 Å². The van der Waals surface area contributed by atoms with E-state index in [1.165, 1.54) is 24.2 Å². The van der Waals surface area contributed by atoms with Crippen LogP contribution in [-0.2, 0) is 16.2 Å². The van der Waals surface area contributed by atoms with E-state index in [4.69, 9.17) is 11.6 Å². The molecule has 1 aromatic rings. The predicted molar refractivity (Wildman–Crippen MR) is 61.5 cm³/mol. The summed E-state index contributed by atoms with van der Waals surface area (Å²) in [4.78, 5) is 12.0. The van der Waals surface area contributed by atoms with Crippen LogP contribution in [-0.4, -0.2) is 47.0 Å².